The van der Waals surface area contributed by atoms with Crippen molar-refractivity contribution >= 4 is 34.5 Å². The molecule has 1 atom stereocenters. The van der Waals surface area contributed by atoms with Crippen LogP contribution in [0.4, 0.5) is 10.5 Å². The molecule has 2 rings (SSSR count). The first-order chi connectivity index (χ1) is 7.61. The van der Waals surface area contributed by atoms with Crippen molar-refractivity contribution in [2.45, 2.75) is 5.25 Å². The summed E-state index contributed by atoms with van der Waals surface area (Å²) in [5.41, 5.74) is 5.48. The van der Waals surface area contributed by atoms with Gasteiger partial charge >= 0.3 is 0 Å². The Bertz CT molecular complexity index is 460. The van der Waals surface area contributed by atoms with Crippen LogP contribution in [-0.4, -0.2) is 22.3 Å². The third kappa shape index (κ3) is 1.67. The Balaban J connectivity index is 2.34. The number of hydrogen-bond acceptors (Lipinski definition) is 4. The molecular formula is C10H8N2O3S. The van der Waals surface area contributed by atoms with Crippen LogP contribution in [0.3, 0.4) is 0 Å². The van der Waals surface area contributed by atoms with Gasteiger partial charge in [-0.3, -0.25) is 14.4 Å². The van der Waals surface area contributed by atoms with Gasteiger partial charge in [-0.25, -0.2) is 4.90 Å². The van der Waals surface area contributed by atoms with E-state index in [1.54, 1.807) is 30.3 Å². The summed E-state index contributed by atoms with van der Waals surface area (Å²) in [4.78, 5) is 35.2. The fraction of sp³-hybridized carbons (Fsp3) is 0.100. The summed E-state index contributed by atoms with van der Waals surface area (Å²) in [7, 11) is 0. The molecule has 6 heteroatoms. The molecule has 0 aliphatic carbocycles. The Morgan fingerprint density at radius 3 is 2.38 bits per heavy atom. The molecule has 1 heterocycles. The monoisotopic (exact) mass is 236 g/mol. The van der Waals surface area contributed by atoms with E-state index in [4.69, 9.17) is 5.73 Å². The van der Waals surface area contributed by atoms with E-state index in [0.29, 0.717) is 17.4 Å². The first-order valence-corrected chi connectivity index (χ1v) is 5.38. The summed E-state index contributed by atoms with van der Waals surface area (Å²) in [6, 6.07) is 8.43. The van der Waals surface area contributed by atoms with Crippen molar-refractivity contribution in [3.05, 3.63) is 30.3 Å². The summed E-state index contributed by atoms with van der Waals surface area (Å²) in [6.45, 7) is 0. The number of carbonyl (C=O) groups excluding carboxylic acids is 3. The SMILES string of the molecule is NC(=O)[C@H]1SC(=O)N(c2ccccc2)C1=O. The highest BCUT2D eigenvalue weighted by Crippen LogP contribution is 2.31. The molecule has 0 radical (unpaired) electrons. The average molecular weight is 236 g/mol. The Morgan fingerprint density at radius 1 is 1.25 bits per heavy atom. The van der Waals surface area contributed by atoms with Crippen LogP contribution < -0.4 is 10.6 Å². The van der Waals surface area contributed by atoms with E-state index >= 15 is 0 Å². The maximum atomic E-state index is 11.7. The van der Waals surface area contributed by atoms with E-state index in [1.807, 2.05) is 0 Å². The number of thioether (sulfide) groups is 1. The van der Waals surface area contributed by atoms with Gasteiger partial charge in [0.15, 0.2) is 5.25 Å². The summed E-state index contributed by atoms with van der Waals surface area (Å²) in [5, 5.41) is -1.58. The summed E-state index contributed by atoms with van der Waals surface area (Å²) >= 11 is 0.648. The van der Waals surface area contributed by atoms with Gasteiger partial charge in [0, 0.05) is 0 Å². The Labute approximate surface area is 95.6 Å². The second-order valence-corrected chi connectivity index (χ2v) is 4.23. The second kappa shape index (κ2) is 3.97. The van der Waals surface area contributed by atoms with E-state index in [0.717, 1.165) is 4.90 Å². The zero-order valence-corrected chi connectivity index (χ0v) is 8.94. The zero-order valence-electron chi connectivity index (χ0n) is 8.12. The van der Waals surface area contributed by atoms with Gasteiger partial charge in [0.05, 0.1) is 5.69 Å². The third-order valence-corrected chi connectivity index (χ3v) is 3.17. The van der Waals surface area contributed by atoms with Gasteiger partial charge in [-0.2, -0.15) is 0 Å². The molecule has 1 aliphatic rings. The molecule has 5 nitrogen and oxygen atoms in total. The molecule has 82 valence electrons. The number of carbonyl (C=O) groups is 3. The normalized spacial score (nSPS) is 20.2. The molecule has 1 aliphatic heterocycles. The highest BCUT2D eigenvalue weighted by atomic mass is 32.2. The van der Waals surface area contributed by atoms with Crippen molar-refractivity contribution in [1.29, 1.82) is 0 Å². The predicted molar refractivity (Wildman–Crippen MR) is 59.9 cm³/mol. The molecular weight excluding hydrogens is 228 g/mol. The molecule has 0 bridgehead atoms. The number of para-hydroxylation sites is 1. The Kier molecular flexibility index (Phi) is 2.66. The summed E-state index contributed by atoms with van der Waals surface area (Å²) in [6.07, 6.45) is 0. The van der Waals surface area contributed by atoms with Crippen LogP contribution in [0.15, 0.2) is 30.3 Å². The molecule has 3 amide bonds. The van der Waals surface area contributed by atoms with Gasteiger partial charge in [-0.05, 0) is 23.9 Å². The number of benzene rings is 1. The molecule has 1 aromatic rings. The lowest BCUT2D eigenvalue weighted by atomic mass is 10.2. The van der Waals surface area contributed by atoms with Crippen molar-refractivity contribution in [1.82, 2.24) is 0 Å². The smallest absolute Gasteiger partial charge is 0.294 e. The minimum Gasteiger partial charge on any atom is -0.368 e. The van der Waals surface area contributed by atoms with Gasteiger partial charge in [-0.1, -0.05) is 18.2 Å². The predicted octanol–water partition coefficient (Wildman–Crippen LogP) is 0.740. The molecule has 0 spiro atoms. The van der Waals surface area contributed by atoms with Gasteiger partial charge in [0.1, 0.15) is 0 Å². The lowest BCUT2D eigenvalue weighted by Crippen LogP contribution is -2.37. The molecule has 1 saturated heterocycles. The topological polar surface area (TPSA) is 80.5 Å². The fourth-order valence-corrected chi connectivity index (χ4v) is 2.23. The molecule has 16 heavy (non-hydrogen) atoms. The van der Waals surface area contributed by atoms with Crippen LogP contribution in [0.5, 0.6) is 0 Å². The Morgan fingerprint density at radius 2 is 1.88 bits per heavy atom. The third-order valence-electron chi connectivity index (χ3n) is 2.12. The molecule has 0 unspecified atom stereocenters. The number of hydrogen-bond donors (Lipinski definition) is 1. The van der Waals surface area contributed by atoms with Crippen molar-refractivity contribution in [2.75, 3.05) is 4.90 Å². The lowest BCUT2D eigenvalue weighted by molar-refractivity contribution is -0.124. The quantitative estimate of drug-likeness (QED) is 0.768. The number of nitrogens with zero attached hydrogens (tertiary/aromatic N) is 1. The van der Waals surface area contributed by atoms with Gasteiger partial charge < -0.3 is 5.73 Å². The second-order valence-electron chi connectivity index (χ2n) is 3.18. The number of rotatable bonds is 2. The zero-order chi connectivity index (χ0) is 11.7. The van der Waals surface area contributed by atoms with Crippen molar-refractivity contribution in [3.63, 3.8) is 0 Å². The minimum absolute atomic E-state index is 0.453. The van der Waals surface area contributed by atoms with Crippen molar-refractivity contribution in [3.8, 4) is 0 Å². The lowest BCUT2D eigenvalue weighted by Gasteiger charge is -2.12. The van der Waals surface area contributed by atoms with Crippen LogP contribution in [0.2, 0.25) is 0 Å². The molecule has 1 fully saturated rings. The van der Waals surface area contributed by atoms with Crippen LogP contribution in [0, 0.1) is 0 Å². The van der Waals surface area contributed by atoms with Gasteiger partial charge in [0.25, 0.3) is 11.1 Å². The Hall–Kier alpha value is -1.82. The maximum Gasteiger partial charge on any atom is 0.294 e. The minimum atomic E-state index is -1.10. The van der Waals surface area contributed by atoms with E-state index in [1.165, 1.54) is 0 Å². The van der Waals surface area contributed by atoms with E-state index < -0.39 is 22.3 Å². The largest absolute Gasteiger partial charge is 0.368 e. The average Bonchev–Trinajstić information content (AvgIpc) is 2.56. The summed E-state index contributed by atoms with van der Waals surface area (Å²) < 4.78 is 0. The van der Waals surface area contributed by atoms with Crippen LogP contribution in [-0.2, 0) is 9.59 Å². The van der Waals surface area contributed by atoms with Crippen molar-refractivity contribution in [2.24, 2.45) is 5.73 Å². The molecule has 0 aromatic heterocycles. The number of amides is 3. The van der Waals surface area contributed by atoms with Gasteiger partial charge in [-0.15, -0.1) is 0 Å². The highest BCUT2D eigenvalue weighted by molar-refractivity contribution is 8.16. The first-order valence-electron chi connectivity index (χ1n) is 4.50. The first kappa shape index (κ1) is 10.7. The number of nitrogens with two attached hydrogens (primary N) is 1. The molecule has 1 aromatic carbocycles. The summed E-state index contributed by atoms with van der Waals surface area (Å²) in [5.74, 6) is -1.37. The number of imide groups is 1. The van der Waals surface area contributed by atoms with Crippen LogP contribution in [0.1, 0.15) is 0 Å². The molecule has 2 N–H and O–H groups in total. The molecule has 0 saturated carbocycles. The maximum absolute atomic E-state index is 11.7. The standard InChI is InChI=1S/C10H8N2O3S/c11-8(13)7-9(14)12(10(15)16-7)6-4-2-1-3-5-6/h1-5,7H,(H2,11,13)/t7-/m1/s1. The van der Waals surface area contributed by atoms with Crippen molar-refractivity contribution < 1.29 is 14.4 Å². The van der Waals surface area contributed by atoms with Gasteiger partial charge in [0.2, 0.25) is 5.91 Å². The number of primary amides is 1. The fourth-order valence-electron chi connectivity index (χ4n) is 1.40. The van der Waals surface area contributed by atoms with E-state index in [9.17, 15) is 14.4 Å². The van der Waals surface area contributed by atoms with Crippen LogP contribution >= 0.6 is 11.8 Å². The van der Waals surface area contributed by atoms with Crippen LogP contribution in [0.25, 0.3) is 0 Å². The van der Waals surface area contributed by atoms with E-state index in [2.05, 4.69) is 0 Å². The number of anilines is 1. The van der Waals surface area contributed by atoms with E-state index in [-0.39, 0.29) is 0 Å². The highest BCUT2D eigenvalue weighted by Gasteiger charge is 2.43.